The molecule has 0 heterocycles. The van der Waals surface area contributed by atoms with Crippen LogP contribution < -0.4 is 0 Å². The Labute approximate surface area is 125 Å². The lowest BCUT2D eigenvalue weighted by atomic mass is 10.0. The molecule has 2 rings (SSSR count). The van der Waals surface area contributed by atoms with E-state index in [0.717, 1.165) is 6.07 Å². The number of ketones is 1. The van der Waals surface area contributed by atoms with E-state index in [1.807, 2.05) is 22.6 Å². The summed E-state index contributed by atoms with van der Waals surface area (Å²) in [5, 5.41) is 0. The molecule has 0 unspecified atom stereocenters. The Hall–Kier alpha value is -1.44. The summed E-state index contributed by atoms with van der Waals surface area (Å²) in [5.41, 5.74) is -1.34. The van der Waals surface area contributed by atoms with Gasteiger partial charge in [0.05, 0.1) is 5.56 Å². The van der Waals surface area contributed by atoms with Crippen LogP contribution >= 0.6 is 22.6 Å². The Morgan fingerprint density at radius 1 is 1.05 bits per heavy atom. The molecule has 104 valence electrons. The third-order valence-electron chi connectivity index (χ3n) is 2.65. The molecular formula is C14H7F4IO. The molecule has 0 saturated carbocycles. The Balaban J connectivity index is 2.50. The van der Waals surface area contributed by atoms with Crippen molar-refractivity contribution in [1.29, 1.82) is 0 Å². The van der Waals surface area contributed by atoms with E-state index in [9.17, 15) is 22.4 Å². The van der Waals surface area contributed by atoms with Crippen molar-refractivity contribution < 1.29 is 22.4 Å². The van der Waals surface area contributed by atoms with Gasteiger partial charge >= 0.3 is 6.18 Å². The maximum atomic E-state index is 13.2. The molecular weight excluding hydrogens is 387 g/mol. The minimum atomic E-state index is -4.83. The summed E-state index contributed by atoms with van der Waals surface area (Å²) in [6.07, 6.45) is -4.83. The largest absolute Gasteiger partial charge is 0.419 e. The van der Waals surface area contributed by atoms with Crippen molar-refractivity contribution in [3.63, 3.8) is 0 Å². The summed E-state index contributed by atoms with van der Waals surface area (Å²) in [4.78, 5) is 12.2. The first-order chi connectivity index (χ1) is 9.30. The smallest absolute Gasteiger partial charge is 0.289 e. The van der Waals surface area contributed by atoms with Crippen molar-refractivity contribution in [3.8, 4) is 0 Å². The molecule has 0 N–H and O–H groups in total. The average molecular weight is 394 g/mol. The Kier molecular flexibility index (Phi) is 4.12. The lowest BCUT2D eigenvalue weighted by Crippen LogP contribution is -2.11. The summed E-state index contributed by atoms with van der Waals surface area (Å²) in [6.45, 7) is 0. The Morgan fingerprint density at radius 3 is 2.30 bits per heavy atom. The summed E-state index contributed by atoms with van der Waals surface area (Å²) in [7, 11) is 0. The second-order valence-corrected chi connectivity index (χ2v) is 5.16. The van der Waals surface area contributed by atoms with Gasteiger partial charge in [-0.15, -0.1) is 0 Å². The van der Waals surface area contributed by atoms with E-state index in [1.165, 1.54) is 6.07 Å². The second-order valence-electron chi connectivity index (χ2n) is 4.00. The van der Waals surface area contributed by atoms with Gasteiger partial charge in [0.25, 0.3) is 0 Å². The van der Waals surface area contributed by atoms with Gasteiger partial charge < -0.3 is 0 Å². The van der Waals surface area contributed by atoms with Crippen molar-refractivity contribution >= 4 is 28.4 Å². The van der Waals surface area contributed by atoms with Crippen LogP contribution in [-0.2, 0) is 6.18 Å². The third-order valence-corrected chi connectivity index (χ3v) is 3.59. The predicted molar refractivity (Wildman–Crippen MR) is 74.0 cm³/mol. The van der Waals surface area contributed by atoms with Crippen LogP contribution in [-0.4, -0.2) is 5.78 Å². The van der Waals surface area contributed by atoms with Crippen molar-refractivity contribution in [3.05, 3.63) is 68.5 Å². The van der Waals surface area contributed by atoms with Crippen molar-refractivity contribution in [1.82, 2.24) is 0 Å². The monoisotopic (exact) mass is 394 g/mol. The highest BCUT2D eigenvalue weighted by molar-refractivity contribution is 14.1. The van der Waals surface area contributed by atoms with Crippen molar-refractivity contribution in [2.45, 2.75) is 6.18 Å². The van der Waals surface area contributed by atoms with Crippen LogP contribution in [0.3, 0.4) is 0 Å². The van der Waals surface area contributed by atoms with E-state index < -0.39 is 23.3 Å². The van der Waals surface area contributed by atoms with Crippen LogP contribution in [0.25, 0.3) is 0 Å². The minimum Gasteiger partial charge on any atom is -0.289 e. The van der Waals surface area contributed by atoms with Crippen LogP contribution in [0.15, 0.2) is 42.5 Å². The molecule has 6 heteroatoms. The van der Waals surface area contributed by atoms with E-state index in [4.69, 9.17) is 0 Å². The van der Waals surface area contributed by atoms with E-state index >= 15 is 0 Å². The number of alkyl halides is 3. The molecule has 0 bridgehead atoms. The van der Waals surface area contributed by atoms with Gasteiger partial charge in [-0.05, 0) is 52.9 Å². The van der Waals surface area contributed by atoms with Gasteiger partial charge in [0.15, 0.2) is 5.78 Å². The number of hydrogen-bond donors (Lipinski definition) is 0. The van der Waals surface area contributed by atoms with Crippen molar-refractivity contribution in [2.24, 2.45) is 0 Å². The van der Waals surface area contributed by atoms with E-state index in [2.05, 4.69) is 0 Å². The van der Waals surface area contributed by atoms with Crippen LogP contribution in [0.2, 0.25) is 0 Å². The molecule has 0 radical (unpaired) electrons. The lowest BCUT2D eigenvalue weighted by Gasteiger charge is -2.10. The SMILES string of the molecule is O=C(c1ccc(F)c(C(F)(F)F)c1)c1ccccc1I. The molecule has 0 aliphatic rings. The number of hydrogen-bond acceptors (Lipinski definition) is 1. The normalized spacial score (nSPS) is 11.4. The average Bonchev–Trinajstić information content (AvgIpc) is 2.37. The zero-order chi connectivity index (χ0) is 14.9. The first-order valence-corrected chi connectivity index (χ1v) is 6.54. The maximum absolute atomic E-state index is 13.2. The van der Waals surface area contributed by atoms with Gasteiger partial charge in [-0.1, -0.05) is 12.1 Å². The highest BCUT2D eigenvalue weighted by atomic mass is 127. The number of carbonyl (C=O) groups is 1. The molecule has 0 atom stereocenters. The topological polar surface area (TPSA) is 17.1 Å². The Morgan fingerprint density at radius 2 is 1.70 bits per heavy atom. The summed E-state index contributed by atoms with van der Waals surface area (Å²) in [6, 6.07) is 8.76. The van der Waals surface area contributed by atoms with Gasteiger partial charge in [-0.25, -0.2) is 4.39 Å². The van der Waals surface area contributed by atoms with Crippen LogP contribution in [0.5, 0.6) is 0 Å². The van der Waals surface area contributed by atoms with Crippen LogP contribution in [0.1, 0.15) is 21.5 Å². The molecule has 1 nitrogen and oxygen atoms in total. The van der Waals surface area contributed by atoms with Gasteiger partial charge in [0.2, 0.25) is 0 Å². The molecule has 0 aliphatic heterocycles. The molecule has 20 heavy (non-hydrogen) atoms. The van der Waals surface area contributed by atoms with E-state index in [1.54, 1.807) is 18.2 Å². The molecule has 0 saturated heterocycles. The van der Waals surface area contributed by atoms with Gasteiger partial charge in [0.1, 0.15) is 5.82 Å². The standard InChI is InChI=1S/C14H7F4IO/c15-11-6-5-8(7-10(11)14(16,17)18)13(20)9-3-1-2-4-12(9)19/h1-7H. The minimum absolute atomic E-state index is 0.192. The highest BCUT2D eigenvalue weighted by Crippen LogP contribution is 2.32. The number of rotatable bonds is 2. The second kappa shape index (κ2) is 5.51. The van der Waals surface area contributed by atoms with E-state index in [0.29, 0.717) is 15.7 Å². The summed E-state index contributed by atoms with van der Waals surface area (Å²) >= 11 is 1.92. The predicted octanol–water partition coefficient (Wildman–Crippen LogP) is 4.68. The molecule has 2 aromatic rings. The Bertz CT molecular complexity index is 664. The molecule has 0 amide bonds. The van der Waals surface area contributed by atoms with Crippen LogP contribution in [0, 0.1) is 9.39 Å². The third kappa shape index (κ3) is 3.00. The zero-order valence-electron chi connectivity index (χ0n) is 9.84. The molecule has 0 fully saturated rings. The quantitative estimate of drug-likeness (QED) is 0.411. The summed E-state index contributed by atoms with van der Waals surface area (Å²) in [5.74, 6) is -1.96. The van der Waals surface area contributed by atoms with Gasteiger partial charge in [-0.2, -0.15) is 13.2 Å². The molecule has 0 aliphatic carbocycles. The lowest BCUT2D eigenvalue weighted by molar-refractivity contribution is -0.140. The number of benzene rings is 2. The molecule has 0 spiro atoms. The molecule has 0 aromatic heterocycles. The number of halogens is 5. The maximum Gasteiger partial charge on any atom is 0.419 e. The first kappa shape index (κ1) is 15.0. The van der Waals surface area contributed by atoms with Crippen molar-refractivity contribution in [2.75, 3.05) is 0 Å². The van der Waals surface area contributed by atoms with E-state index in [-0.39, 0.29) is 11.1 Å². The zero-order valence-corrected chi connectivity index (χ0v) is 12.0. The van der Waals surface area contributed by atoms with Crippen LogP contribution in [0.4, 0.5) is 17.6 Å². The fraction of sp³-hybridized carbons (Fsp3) is 0.0714. The number of carbonyl (C=O) groups excluding carboxylic acids is 1. The fourth-order valence-corrected chi connectivity index (χ4v) is 2.32. The molecule has 2 aromatic carbocycles. The highest BCUT2D eigenvalue weighted by Gasteiger charge is 2.34. The first-order valence-electron chi connectivity index (χ1n) is 5.46. The fourth-order valence-electron chi connectivity index (χ4n) is 1.68. The van der Waals surface area contributed by atoms with Gasteiger partial charge in [-0.3, -0.25) is 4.79 Å². The van der Waals surface area contributed by atoms with Gasteiger partial charge in [0, 0.05) is 14.7 Å². The summed E-state index contributed by atoms with van der Waals surface area (Å²) < 4.78 is 51.7.